The molecule has 178 valence electrons. The third-order valence-corrected chi connectivity index (χ3v) is 5.73. The highest BCUT2D eigenvalue weighted by Crippen LogP contribution is 2.23. The van der Waals surface area contributed by atoms with Crippen molar-refractivity contribution in [1.29, 1.82) is 0 Å². The Kier molecular flexibility index (Phi) is 10.1. The largest absolute Gasteiger partial charge is 0.508 e. The third kappa shape index (κ3) is 8.46. The number of benzene rings is 2. The molecular formula is C27H37N3O3. The molecule has 0 saturated carbocycles. The first kappa shape index (κ1) is 24.6. The number of aromatic hydroxyl groups is 1. The number of ether oxygens (including phenoxy) is 1. The van der Waals surface area contributed by atoms with E-state index >= 15 is 0 Å². The van der Waals surface area contributed by atoms with Crippen LogP contribution in [0.15, 0.2) is 48.7 Å². The summed E-state index contributed by atoms with van der Waals surface area (Å²) in [6.07, 6.45) is 9.84. The van der Waals surface area contributed by atoms with Crippen molar-refractivity contribution in [1.82, 2.24) is 10.3 Å². The third-order valence-electron chi connectivity index (χ3n) is 5.73. The van der Waals surface area contributed by atoms with Crippen molar-refractivity contribution in [3.05, 3.63) is 54.2 Å². The summed E-state index contributed by atoms with van der Waals surface area (Å²) >= 11 is 0. The van der Waals surface area contributed by atoms with Crippen LogP contribution in [0.25, 0.3) is 10.9 Å². The molecule has 1 heterocycles. The molecule has 1 amide bonds. The maximum Gasteiger partial charge on any atom is 0.224 e. The van der Waals surface area contributed by atoms with E-state index in [2.05, 4.69) is 22.5 Å². The van der Waals surface area contributed by atoms with Gasteiger partial charge in [0.05, 0.1) is 6.61 Å². The number of unbranched alkanes of at least 4 members (excludes halogenated alkanes) is 4. The SMILES string of the molecule is CCCCCOc1ccc(NC(=O)CCCCCNCCc2c[nH]c3ccc(O)cc23)cc1. The van der Waals surface area contributed by atoms with Gasteiger partial charge in [0.15, 0.2) is 0 Å². The van der Waals surface area contributed by atoms with Gasteiger partial charge >= 0.3 is 0 Å². The summed E-state index contributed by atoms with van der Waals surface area (Å²) in [7, 11) is 0. The summed E-state index contributed by atoms with van der Waals surface area (Å²) in [6.45, 7) is 4.74. The minimum absolute atomic E-state index is 0.0576. The minimum Gasteiger partial charge on any atom is -0.508 e. The number of H-pyrrole nitrogens is 1. The predicted octanol–water partition coefficient (Wildman–Crippen LogP) is 5.77. The molecule has 0 fully saturated rings. The Morgan fingerprint density at radius 1 is 1.00 bits per heavy atom. The number of carbonyl (C=O) groups excluding carboxylic acids is 1. The lowest BCUT2D eigenvalue weighted by molar-refractivity contribution is -0.116. The van der Waals surface area contributed by atoms with Gasteiger partial charge in [0, 0.05) is 29.2 Å². The number of rotatable bonds is 15. The van der Waals surface area contributed by atoms with Gasteiger partial charge in [-0.25, -0.2) is 0 Å². The standard InChI is InChI=1S/C27H37N3O3/c1-2-3-7-18-33-24-12-9-22(10-13-24)30-27(32)8-5-4-6-16-28-17-15-21-20-29-26-14-11-23(31)19-25(21)26/h9-14,19-20,28-29,31H,2-8,15-18H2,1H3,(H,30,32). The molecule has 0 saturated heterocycles. The van der Waals surface area contributed by atoms with E-state index in [1.165, 1.54) is 18.4 Å². The average molecular weight is 452 g/mol. The molecule has 3 rings (SSSR count). The van der Waals surface area contributed by atoms with Crippen molar-refractivity contribution < 1.29 is 14.6 Å². The Labute approximate surface area is 196 Å². The van der Waals surface area contributed by atoms with E-state index in [0.29, 0.717) is 12.2 Å². The second-order valence-electron chi connectivity index (χ2n) is 8.48. The second kappa shape index (κ2) is 13.5. The van der Waals surface area contributed by atoms with Gasteiger partial charge in [-0.15, -0.1) is 0 Å². The fourth-order valence-corrected chi connectivity index (χ4v) is 3.83. The molecule has 3 aromatic rings. The summed E-state index contributed by atoms with van der Waals surface area (Å²) in [5.41, 5.74) is 3.07. The van der Waals surface area contributed by atoms with Crippen LogP contribution < -0.4 is 15.4 Å². The number of hydrogen-bond acceptors (Lipinski definition) is 4. The smallest absolute Gasteiger partial charge is 0.224 e. The summed E-state index contributed by atoms with van der Waals surface area (Å²) < 4.78 is 5.70. The topological polar surface area (TPSA) is 86.4 Å². The quantitative estimate of drug-likeness (QED) is 0.221. The van der Waals surface area contributed by atoms with Crippen LogP contribution in [0.4, 0.5) is 5.69 Å². The van der Waals surface area contributed by atoms with Gasteiger partial charge in [-0.05, 0) is 86.8 Å². The van der Waals surface area contributed by atoms with E-state index in [-0.39, 0.29) is 5.91 Å². The van der Waals surface area contributed by atoms with Crippen LogP contribution in [0.3, 0.4) is 0 Å². The zero-order valence-corrected chi connectivity index (χ0v) is 19.7. The molecule has 0 aliphatic heterocycles. The van der Waals surface area contributed by atoms with Gasteiger partial charge in [-0.2, -0.15) is 0 Å². The zero-order chi connectivity index (χ0) is 23.3. The Hall–Kier alpha value is -2.99. The summed E-state index contributed by atoms with van der Waals surface area (Å²) in [5.74, 6) is 1.20. The number of phenolic OH excluding ortho intramolecular Hbond substituents is 1. The number of aromatic nitrogens is 1. The fourth-order valence-electron chi connectivity index (χ4n) is 3.83. The molecule has 0 radical (unpaired) electrons. The first-order valence-corrected chi connectivity index (χ1v) is 12.2. The molecule has 0 aliphatic carbocycles. The molecule has 2 aromatic carbocycles. The summed E-state index contributed by atoms with van der Waals surface area (Å²) in [6, 6.07) is 13.0. The number of hydrogen-bond donors (Lipinski definition) is 4. The molecular weight excluding hydrogens is 414 g/mol. The maximum atomic E-state index is 12.2. The minimum atomic E-state index is 0.0576. The van der Waals surface area contributed by atoms with Gasteiger partial charge < -0.3 is 25.5 Å². The van der Waals surface area contributed by atoms with E-state index in [1.54, 1.807) is 6.07 Å². The molecule has 6 heteroatoms. The molecule has 33 heavy (non-hydrogen) atoms. The monoisotopic (exact) mass is 451 g/mol. The molecule has 0 atom stereocenters. The van der Waals surface area contributed by atoms with Crippen molar-refractivity contribution in [2.24, 2.45) is 0 Å². The highest BCUT2D eigenvalue weighted by atomic mass is 16.5. The Morgan fingerprint density at radius 3 is 2.67 bits per heavy atom. The van der Waals surface area contributed by atoms with E-state index in [0.717, 1.165) is 74.1 Å². The van der Waals surface area contributed by atoms with Gasteiger partial charge in [-0.1, -0.05) is 26.2 Å². The molecule has 0 aliphatic rings. The first-order chi connectivity index (χ1) is 16.2. The summed E-state index contributed by atoms with van der Waals surface area (Å²) in [4.78, 5) is 15.4. The Balaban J connectivity index is 1.22. The highest BCUT2D eigenvalue weighted by molar-refractivity contribution is 5.90. The molecule has 6 nitrogen and oxygen atoms in total. The lowest BCUT2D eigenvalue weighted by Crippen LogP contribution is -2.18. The molecule has 0 spiro atoms. The van der Waals surface area contributed by atoms with Crippen LogP contribution in [0, 0.1) is 0 Å². The number of anilines is 1. The molecule has 0 unspecified atom stereocenters. The van der Waals surface area contributed by atoms with Crippen LogP contribution in [-0.4, -0.2) is 35.7 Å². The fraction of sp³-hybridized carbons (Fsp3) is 0.444. The number of amides is 1. The van der Waals surface area contributed by atoms with Crippen LogP contribution in [-0.2, 0) is 11.2 Å². The number of carbonyl (C=O) groups is 1. The van der Waals surface area contributed by atoms with E-state index in [1.807, 2.05) is 42.6 Å². The van der Waals surface area contributed by atoms with Crippen molar-refractivity contribution in [2.75, 3.05) is 25.0 Å². The highest BCUT2D eigenvalue weighted by Gasteiger charge is 2.05. The zero-order valence-electron chi connectivity index (χ0n) is 19.7. The predicted molar refractivity (Wildman–Crippen MR) is 135 cm³/mol. The van der Waals surface area contributed by atoms with Crippen LogP contribution in [0.1, 0.15) is 57.4 Å². The lowest BCUT2D eigenvalue weighted by Gasteiger charge is -2.08. The average Bonchev–Trinajstić information content (AvgIpc) is 3.21. The van der Waals surface area contributed by atoms with Crippen molar-refractivity contribution in [3.63, 3.8) is 0 Å². The Bertz CT molecular complexity index is 982. The van der Waals surface area contributed by atoms with Crippen molar-refractivity contribution >= 4 is 22.5 Å². The lowest BCUT2D eigenvalue weighted by atomic mass is 10.1. The molecule has 0 bridgehead atoms. The van der Waals surface area contributed by atoms with E-state index in [9.17, 15) is 9.90 Å². The normalized spacial score (nSPS) is 11.1. The first-order valence-electron chi connectivity index (χ1n) is 12.2. The number of nitrogens with one attached hydrogen (secondary N) is 3. The van der Waals surface area contributed by atoms with Crippen molar-refractivity contribution in [3.8, 4) is 11.5 Å². The Morgan fingerprint density at radius 2 is 1.85 bits per heavy atom. The molecule has 4 N–H and O–H groups in total. The number of fused-ring (bicyclic) bond motifs is 1. The number of aromatic amines is 1. The van der Waals surface area contributed by atoms with E-state index in [4.69, 9.17) is 4.74 Å². The van der Waals surface area contributed by atoms with Crippen LogP contribution in [0.2, 0.25) is 0 Å². The summed E-state index contributed by atoms with van der Waals surface area (Å²) in [5, 5.41) is 17.2. The maximum absolute atomic E-state index is 12.2. The number of phenols is 1. The van der Waals surface area contributed by atoms with Gasteiger partial charge in [0.1, 0.15) is 11.5 Å². The molecule has 1 aromatic heterocycles. The van der Waals surface area contributed by atoms with Crippen molar-refractivity contribution in [2.45, 2.75) is 58.3 Å². The van der Waals surface area contributed by atoms with E-state index < -0.39 is 0 Å². The van der Waals surface area contributed by atoms with Crippen LogP contribution >= 0.6 is 0 Å². The van der Waals surface area contributed by atoms with Gasteiger partial charge in [0.2, 0.25) is 5.91 Å². The van der Waals surface area contributed by atoms with Crippen LogP contribution in [0.5, 0.6) is 11.5 Å². The van der Waals surface area contributed by atoms with Gasteiger partial charge in [-0.3, -0.25) is 4.79 Å². The second-order valence-corrected chi connectivity index (χ2v) is 8.48. The van der Waals surface area contributed by atoms with Gasteiger partial charge in [0.25, 0.3) is 0 Å².